The molecule has 168 valence electrons. The van der Waals surface area contributed by atoms with Gasteiger partial charge in [-0.2, -0.15) is 0 Å². The van der Waals surface area contributed by atoms with Gasteiger partial charge in [-0.25, -0.2) is 15.0 Å². The van der Waals surface area contributed by atoms with Gasteiger partial charge in [-0.1, -0.05) is 23.4 Å². The molecule has 1 aliphatic heterocycles. The molecule has 5 heterocycles. The van der Waals surface area contributed by atoms with E-state index >= 15 is 0 Å². The minimum Gasteiger partial charge on any atom is -0.382 e. The molecular formula is C22H22ClN9S. The van der Waals surface area contributed by atoms with Gasteiger partial charge in [-0.3, -0.25) is 14.4 Å². The molecule has 4 aromatic rings. The molecule has 0 bridgehead atoms. The molecule has 33 heavy (non-hydrogen) atoms. The molecule has 4 N–H and O–H groups in total. The van der Waals surface area contributed by atoms with Crippen LogP contribution >= 0.6 is 23.4 Å². The Balaban J connectivity index is 1.25. The number of rotatable bonds is 3. The van der Waals surface area contributed by atoms with Crippen molar-refractivity contribution in [2.75, 3.05) is 23.7 Å². The van der Waals surface area contributed by atoms with Crippen LogP contribution in [0, 0.1) is 5.41 Å². The maximum atomic E-state index is 6.65. The van der Waals surface area contributed by atoms with Gasteiger partial charge in [0, 0.05) is 60.6 Å². The molecule has 2 aliphatic rings. The van der Waals surface area contributed by atoms with Crippen molar-refractivity contribution < 1.29 is 0 Å². The molecule has 6 rings (SSSR count). The van der Waals surface area contributed by atoms with E-state index in [2.05, 4.69) is 24.8 Å². The molecule has 9 nitrogen and oxygen atoms in total. The molecule has 1 fully saturated rings. The Morgan fingerprint density at radius 1 is 1.00 bits per heavy atom. The number of nitrogens with zero attached hydrogens (tertiary/aromatic N) is 7. The van der Waals surface area contributed by atoms with Gasteiger partial charge in [-0.15, -0.1) is 0 Å². The van der Waals surface area contributed by atoms with Crippen LogP contribution in [0.2, 0.25) is 5.02 Å². The van der Waals surface area contributed by atoms with Crippen LogP contribution in [0.5, 0.6) is 0 Å². The highest BCUT2D eigenvalue weighted by Crippen LogP contribution is 2.49. The summed E-state index contributed by atoms with van der Waals surface area (Å²) in [5, 5.41) is 0.440. The number of piperidine rings is 1. The highest BCUT2D eigenvalue weighted by molar-refractivity contribution is 7.99. The normalized spacial score (nSPS) is 19.3. The predicted molar refractivity (Wildman–Crippen MR) is 127 cm³/mol. The monoisotopic (exact) mass is 479 g/mol. The van der Waals surface area contributed by atoms with Gasteiger partial charge in [0.1, 0.15) is 5.82 Å². The largest absolute Gasteiger partial charge is 0.382 e. The maximum Gasteiger partial charge on any atom is 0.211 e. The van der Waals surface area contributed by atoms with Gasteiger partial charge < -0.3 is 16.4 Å². The van der Waals surface area contributed by atoms with Gasteiger partial charge in [0.25, 0.3) is 0 Å². The zero-order valence-electron chi connectivity index (χ0n) is 17.7. The lowest BCUT2D eigenvalue weighted by Gasteiger charge is -2.42. The first kappa shape index (κ1) is 20.6. The zero-order chi connectivity index (χ0) is 22.6. The summed E-state index contributed by atoms with van der Waals surface area (Å²) in [6.07, 6.45) is 13.5. The Morgan fingerprint density at radius 2 is 1.82 bits per heavy atom. The van der Waals surface area contributed by atoms with E-state index in [1.54, 1.807) is 24.8 Å². The SMILES string of the molecule is Nc1nccc(Sc2cnc(N3CCC4(CC3)Cc3nccnc3C4N)n3ccnc23)c1Cl. The average Bonchev–Trinajstić information content (AvgIpc) is 3.42. The smallest absolute Gasteiger partial charge is 0.211 e. The topological polar surface area (TPSA) is 124 Å². The fraction of sp³-hybridized carbons (Fsp3) is 0.318. The molecule has 0 amide bonds. The van der Waals surface area contributed by atoms with E-state index in [1.807, 2.05) is 22.9 Å². The van der Waals surface area contributed by atoms with Crippen LogP contribution < -0.4 is 16.4 Å². The average molecular weight is 480 g/mol. The summed E-state index contributed by atoms with van der Waals surface area (Å²) >= 11 is 7.82. The van der Waals surface area contributed by atoms with Crippen LogP contribution in [0.25, 0.3) is 5.65 Å². The first-order chi connectivity index (χ1) is 16.1. The fourth-order valence-electron chi connectivity index (χ4n) is 4.97. The number of halogens is 1. The third kappa shape index (κ3) is 3.32. The van der Waals surface area contributed by atoms with Crippen molar-refractivity contribution in [2.45, 2.75) is 35.1 Å². The number of imidazole rings is 1. The second kappa shape index (κ2) is 7.82. The Hall–Kier alpha value is -2.95. The third-order valence-corrected chi connectivity index (χ3v) is 8.37. The number of nitrogens with two attached hydrogens (primary N) is 2. The van der Waals surface area contributed by atoms with E-state index in [0.717, 1.165) is 65.1 Å². The Kier molecular flexibility index (Phi) is 4.89. The van der Waals surface area contributed by atoms with Crippen LogP contribution in [0.4, 0.5) is 11.8 Å². The summed E-state index contributed by atoms with van der Waals surface area (Å²) < 4.78 is 2.03. The lowest BCUT2D eigenvalue weighted by molar-refractivity contribution is 0.184. The van der Waals surface area contributed by atoms with Crippen molar-refractivity contribution in [3.8, 4) is 0 Å². The maximum absolute atomic E-state index is 6.65. The van der Waals surface area contributed by atoms with Crippen molar-refractivity contribution in [2.24, 2.45) is 11.1 Å². The van der Waals surface area contributed by atoms with Crippen LogP contribution in [0.1, 0.15) is 30.3 Å². The quantitative estimate of drug-likeness (QED) is 0.455. The summed E-state index contributed by atoms with van der Waals surface area (Å²) in [5.41, 5.74) is 15.4. The molecular weight excluding hydrogens is 458 g/mol. The molecule has 1 unspecified atom stereocenters. The minimum atomic E-state index is -0.0686. The standard InChI is InChI=1S/C22H22ClN9S/c23-16-14(1-4-28-19(16)25)33-15-12-30-21(32-10-7-29-20(15)32)31-8-2-22(3-9-31)11-13-17(18(22)24)27-6-5-26-13/h1,4-7,10,12,18H,2-3,8-9,11,24H2,(H2,25,28). The first-order valence-corrected chi connectivity index (χ1v) is 12.0. The van der Waals surface area contributed by atoms with Gasteiger partial charge in [0.2, 0.25) is 5.95 Å². The summed E-state index contributed by atoms with van der Waals surface area (Å²) in [6.45, 7) is 1.72. The van der Waals surface area contributed by atoms with E-state index in [4.69, 9.17) is 28.1 Å². The van der Waals surface area contributed by atoms with E-state index < -0.39 is 0 Å². The molecule has 1 aliphatic carbocycles. The number of anilines is 2. The van der Waals surface area contributed by atoms with Crippen LogP contribution in [-0.2, 0) is 6.42 Å². The van der Waals surface area contributed by atoms with E-state index in [1.165, 1.54) is 11.8 Å². The molecule has 1 saturated heterocycles. The van der Waals surface area contributed by atoms with Crippen LogP contribution in [-0.4, -0.2) is 42.4 Å². The van der Waals surface area contributed by atoms with E-state index in [-0.39, 0.29) is 11.5 Å². The molecule has 1 spiro atoms. The molecule has 0 aromatic carbocycles. The lowest BCUT2D eigenvalue weighted by Crippen LogP contribution is -2.45. The highest BCUT2D eigenvalue weighted by atomic mass is 35.5. The third-order valence-electron chi connectivity index (χ3n) is 6.80. The van der Waals surface area contributed by atoms with E-state index in [0.29, 0.717) is 10.8 Å². The molecule has 11 heteroatoms. The summed E-state index contributed by atoms with van der Waals surface area (Å²) in [6, 6.07) is 1.77. The predicted octanol–water partition coefficient (Wildman–Crippen LogP) is 3.14. The van der Waals surface area contributed by atoms with E-state index in [9.17, 15) is 0 Å². The minimum absolute atomic E-state index is 0.0159. The molecule has 4 aromatic heterocycles. The number of nitrogen functional groups attached to an aromatic ring is 1. The van der Waals surface area contributed by atoms with Crippen molar-refractivity contribution in [1.29, 1.82) is 0 Å². The van der Waals surface area contributed by atoms with Crippen molar-refractivity contribution in [1.82, 2.24) is 29.3 Å². The van der Waals surface area contributed by atoms with Gasteiger partial charge >= 0.3 is 0 Å². The lowest BCUT2D eigenvalue weighted by atomic mass is 9.73. The Morgan fingerprint density at radius 3 is 2.64 bits per heavy atom. The number of hydrogen-bond donors (Lipinski definition) is 2. The molecule has 0 saturated carbocycles. The van der Waals surface area contributed by atoms with Gasteiger partial charge in [-0.05, 0) is 25.3 Å². The van der Waals surface area contributed by atoms with Crippen molar-refractivity contribution in [3.63, 3.8) is 0 Å². The van der Waals surface area contributed by atoms with Gasteiger partial charge in [0.15, 0.2) is 5.65 Å². The first-order valence-electron chi connectivity index (χ1n) is 10.8. The van der Waals surface area contributed by atoms with Crippen molar-refractivity contribution in [3.05, 3.63) is 59.7 Å². The summed E-state index contributed by atoms with van der Waals surface area (Å²) in [5.74, 6) is 1.19. The number of aromatic nitrogens is 6. The number of pyridine rings is 1. The second-order valence-corrected chi connectivity index (χ2v) is 10.0. The fourth-order valence-corrected chi connectivity index (χ4v) is 6.11. The summed E-state index contributed by atoms with van der Waals surface area (Å²) in [4.78, 5) is 26.5. The Bertz CT molecular complexity index is 1350. The van der Waals surface area contributed by atoms with Gasteiger partial charge in [0.05, 0.1) is 27.3 Å². The summed E-state index contributed by atoms with van der Waals surface area (Å²) in [7, 11) is 0. The van der Waals surface area contributed by atoms with Crippen LogP contribution in [0.15, 0.2) is 53.0 Å². The number of fused-ring (bicyclic) bond motifs is 2. The molecule has 0 radical (unpaired) electrons. The molecule has 1 atom stereocenters. The Labute approximate surface area is 199 Å². The zero-order valence-corrected chi connectivity index (χ0v) is 19.3. The second-order valence-electron chi connectivity index (χ2n) is 8.55. The highest BCUT2D eigenvalue weighted by Gasteiger charge is 2.47. The van der Waals surface area contributed by atoms with Crippen LogP contribution in [0.3, 0.4) is 0 Å². The number of hydrogen-bond acceptors (Lipinski definition) is 9. The van der Waals surface area contributed by atoms with Crippen molar-refractivity contribution >= 4 is 40.8 Å².